The number of halogens is 4. The lowest BCUT2D eigenvalue weighted by atomic mass is 9.88. The standard InChI is InChI=1S/C19H15F3N2O.ClH/c20-19(21,22)13-3-1-12(2-4-13)14-5-6-16(18-24-9-10-25-18)17-11-23-8-7-15(14)17;/h1-6,9-10,23H,7-8,11H2;1H. The maximum Gasteiger partial charge on any atom is 0.416 e. The largest absolute Gasteiger partial charge is 0.445 e. The van der Waals surface area contributed by atoms with E-state index in [1.54, 1.807) is 6.20 Å². The smallest absolute Gasteiger partial charge is 0.416 e. The van der Waals surface area contributed by atoms with Gasteiger partial charge in [-0.3, -0.25) is 0 Å². The van der Waals surface area contributed by atoms with E-state index in [0.29, 0.717) is 12.4 Å². The van der Waals surface area contributed by atoms with Crippen LogP contribution in [0.1, 0.15) is 16.7 Å². The van der Waals surface area contributed by atoms with E-state index in [1.807, 2.05) is 12.1 Å². The predicted molar refractivity (Wildman–Crippen MR) is 95.0 cm³/mol. The Morgan fingerprint density at radius 3 is 2.35 bits per heavy atom. The maximum absolute atomic E-state index is 12.8. The molecule has 0 aliphatic carbocycles. The first kappa shape index (κ1) is 18.5. The molecule has 0 saturated heterocycles. The number of nitrogens with zero attached hydrogens (tertiary/aromatic N) is 1. The molecule has 1 aliphatic heterocycles. The van der Waals surface area contributed by atoms with Gasteiger partial charge in [-0.2, -0.15) is 13.2 Å². The van der Waals surface area contributed by atoms with Crippen LogP contribution in [0.5, 0.6) is 0 Å². The quantitative estimate of drug-likeness (QED) is 0.672. The zero-order chi connectivity index (χ0) is 17.4. The fraction of sp³-hybridized carbons (Fsp3) is 0.211. The zero-order valence-corrected chi connectivity index (χ0v) is 14.5. The average Bonchev–Trinajstić information content (AvgIpc) is 3.14. The maximum atomic E-state index is 12.8. The second-order valence-electron chi connectivity index (χ2n) is 5.96. The first-order valence-corrected chi connectivity index (χ1v) is 7.97. The molecule has 136 valence electrons. The van der Waals surface area contributed by atoms with Crippen molar-refractivity contribution in [1.82, 2.24) is 10.3 Å². The number of fused-ring (bicyclic) bond motifs is 1. The lowest BCUT2D eigenvalue weighted by molar-refractivity contribution is -0.137. The topological polar surface area (TPSA) is 38.1 Å². The Morgan fingerprint density at radius 1 is 0.962 bits per heavy atom. The molecule has 3 aromatic rings. The molecule has 2 heterocycles. The van der Waals surface area contributed by atoms with Crippen LogP contribution in [0.4, 0.5) is 13.2 Å². The van der Waals surface area contributed by atoms with Crippen molar-refractivity contribution in [3.63, 3.8) is 0 Å². The van der Waals surface area contributed by atoms with E-state index >= 15 is 0 Å². The molecule has 0 fully saturated rings. The first-order chi connectivity index (χ1) is 12.0. The van der Waals surface area contributed by atoms with Gasteiger partial charge in [-0.15, -0.1) is 12.4 Å². The van der Waals surface area contributed by atoms with E-state index in [4.69, 9.17) is 4.42 Å². The van der Waals surface area contributed by atoms with Gasteiger partial charge in [0, 0.05) is 12.1 Å². The predicted octanol–water partition coefficient (Wildman–Crippen LogP) is 5.09. The number of hydrogen-bond acceptors (Lipinski definition) is 3. The van der Waals surface area contributed by atoms with Crippen molar-refractivity contribution in [3.8, 4) is 22.6 Å². The highest BCUT2D eigenvalue weighted by molar-refractivity contribution is 5.85. The molecule has 1 aromatic heterocycles. The average molecular weight is 381 g/mol. The summed E-state index contributed by atoms with van der Waals surface area (Å²) in [7, 11) is 0. The molecule has 1 aliphatic rings. The minimum absolute atomic E-state index is 0. The van der Waals surface area contributed by atoms with Gasteiger partial charge in [0.2, 0.25) is 5.89 Å². The number of hydrogen-bond donors (Lipinski definition) is 1. The Hall–Kier alpha value is -2.31. The summed E-state index contributed by atoms with van der Waals surface area (Å²) >= 11 is 0. The van der Waals surface area contributed by atoms with Crippen LogP contribution in [-0.4, -0.2) is 11.5 Å². The summed E-state index contributed by atoms with van der Waals surface area (Å²) in [6.45, 7) is 1.51. The van der Waals surface area contributed by atoms with Gasteiger partial charge >= 0.3 is 6.18 Å². The summed E-state index contributed by atoms with van der Waals surface area (Å²) < 4.78 is 43.8. The van der Waals surface area contributed by atoms with Gasteiger partial charge in [-0.25, -0.2) is 4.98 Å². The Bertz CT molecular complexity index is 890. The van der Waals surface area contributed by atoms with Gasteiger partial charge in [-0.05, 0) is 53.4 Å². The molecule has 7 heteroatoms. The van der Waals surface area contributed by atoms with Crippen LogP contribution in [0.3, 0.4) is 0 Å². The van der Waals surface area contributed by atoms with Crippen molar-refractivity contribution in [2.45, 2.75) is 19.1 Å². The third-order valence-electron chi connectivity index (χ3n) is 4.47. The van der Waals surface area contributed by atoms with Gasteiger partial charge in [0.25, 0.3) is 0 Å². The van der Waals surface area contributed by atoms with Crippen LogP contribution in [0.2, 0.25) is 0 Å². The van der Waals surface area contributed by atoms with Crippen LogP contribution in [0.25, 0.3) is 22.6 Å². The molecule has 0 unspecified atom stereocenters. The molecule has 26 heavy (non-hydrogen) atoms. The molecular formula is C19H16ClF3N2O. The highest BCUT2D eigenvalue weighted by Crippen LogP contribution is 2.36. The molecule has 0 amide bonds. The van der Waals surface area contributed by atoms with Crippen LogP contribution < -0.4 is 5.32 Å². The van der Waals surface area contributed by atoms with Crippen LogP contribution in [0.15, 0.2) is 53.3 Å². The lowest BCUT2D eigenvalue weighted by Gasteiger charge is -2.23. The van der Waals surface area contributed by atoms with Gasteiger partial charge in [-0.1, -0.05) is 18.2 Å². The van der Waals surface area contributed by atoms with Gasteiger partial charge in [0.15, 0.2) is 0 Å². The normalized spacial score (nSPS) is 13.8. The molecule has 0 saturated carbocycles. The van der Waals surface area contributed by atoms with Crippen molar-refractivity contribution < 1.29 is 17.6 Å². The molecule has 0 radical (unpaired) electrons. The van der Waals surface area contributed by atoms with Gasteiger partial charge in [0.1, 0.15) is 6.26 Å². The Labute approximate surface area is 154 Å². The summed E-state index contributed by atoms with van der Waals surface area (Å²) in [6.07, 6.45) is -0.388. The monoisotopic (exact) mass is 380 g/mol. The van der Waals surface area contributed by atoms with Crippen molar-refractivity contribution in [2.75, 3.05) is 6.54 Å². The summed E-state index contributed by atoms with van der Waals surface area (Å²) in [5.74, 6) is 0.555. The first-order valence-electron chi connectivity index (χ1n) is 7.97. The number of oxazole rings is 1. The minimum Gasteiger partial charge on any atom is -0.445 e. The highest BCUT2D eigenvalue weighted by atomic mass is 35.5. The van der Waals surface area contributed by atoms with Gasteiger partial charge in [0.05, 0.1) is 11.8 Å². The number of benzene rings is 2. The summed E-state index contributed by atoms with van der Waals surface area (Å²) in [6, 6.07) is 9.18. The summed E-state index contributed by atoms with van der Waals surface area (Å²) in [4.78, 5) is 4.22. The molecule has 1 N–H and O–H groups in total. The fourth-order valence-corrected chi connectivity index (χ4v) is 3.27. The van der Waals surface area contributed by atoms with Crippen LogP contribution >= 0.6 is 12.4 Å². The third-order valence-corrected chi connectivity index (χ3v) is 4.47. The lowest BCUT2D eigenvalue weighted by Crippen LogP contribution is -2.24. The van der Waals surface area contributed by atoms with Crippen molar-refractivity contribution >= 4 is 12.4 Å². The van der Waals surface area contributed by atoms with Crippen LogP contribution in [-0.2, 0) is 19.1 Å². The van der Waals surface area contributed by atoms with E-state index in [0.717, 1.165) is 52.9 Å². The number of rotatable bonds is 2. The molecule has 2 aromatic carbocycles. The Kier molecular flexibility index (Phi) is 5.07. The minimum atomic E-state index is -4.32. The Balaban J connectivity index is 0.00000196. The van der Waals surface area contributed by atoms with Crippen LogP contribution in [0, 0.1) is 0 Å². The molecule has 0 atom stereocenters. The Morgan fingerprint density at radius 2 is 1.69 bits per heavy atom. The molecular weight excluding hydrogens is 365 g/mol. The van der Waals surface area contributed by atoms with Crippen molar-refractivity contribution in [1.29, 1.82) is 0 Å². The van der Waals surface area contributed by atoms with Crippen molar-refractivity contribution in [2.24, 2.45) is 0 Å². The zero-order valence-electron chi connectivity index (χ0n) is 13.6. The summed E-state index contributed by atoms with van der Waals surface area (Å²) in [5, 5.41) is 3.33. The van der Waals surface area contributed by atoms with E-state index in [9.17, 15) is 13.2 Å². The second-order valence-corrected chi connectivity index (χ2v) is 5.96. The van der Waals surface area contributed by atoms with Crippen molar-refractivity contribution in [3.05, 3.63) is 65.5 Å². The SMILES string of the molecule is Cl.FC(F)(F)c1ccc(-c2ccc(-c3ncco3)c3c2CCNC3)cc1. The molecule has 4 rings (SSSR count). The molecule has 0 bridgehead atoms. The highest BCUT2D eigenvalue weighted by Gasteiger charge is 2.30. The molecule has 0 spiro atoms. The third kappa shape index (κ3) is 3.34. The fourth-order valence-electron chi connectivity index (χ4n) is 3.27. The number of alkyl halides is 3. The molecule has 3 nitrogen and oxygen atoms in total. The van der Waals surface area contributed by atoms with E-state index in [-0.39, 0.29) is 12.4 Å². The van der Waals surface area contributed by atoms with Gasteiger partial charge < -0.3 is 9.73 Å². The van der Waals surface area contributed by atoms with E-state index < -0.39 is 11.7 Å². The number of nitrogens with one attached hydrogen (secondary N) is 1. The van der Waals surface area contributed by atoms with E-state index in [1.165, 1.54) is 18.4 Å². The van der Waals surface area contributed by atoms with E-state index in [2.05, 4.69) is 10.3 Å². The second kappa shape index (κ2) is 7.13. The summed E-state index contributed by atoms with van der Waals surface area (Å²) in [5.41, 5.74) is 4.25. The number of aromatic nitrogens is 1.